The first kappa shape index (κ1) is 23.5. The van der Waals surface area contributed by atoms with Crippen molar-refractivity contribution in [2.75, 3.05) is 38.6 Å². The largest absolute Gasteiger partial charge is 0.369 e. The maximum Gasteiger partial charge on any atom is 0.191 e. The van der Waals surface area contributed by atoms with E-state index < -0.39 is 0 Å². The van der Waals surface area contributed by atoms with Gasteiger partial charge < -0.3 is 20.4 Å². The van der Waals surface area contributed by atoms with E-state index in [0.29, 0.717) is 6.04 Å². The van der Waals surface area contributed by atoms with Gasteiger partial charge in [-0.2, -0.15) is 0 Å². The van der Waals surface area contributed by atoms with E-state index in [1.807, 2.05) is 7.05 Å². The highest BCUT2D eigenvalue weighted by Crippen LogP contribution is 2.19. The van der Waals surface area contributed by atoms with Crippen LogP contribution in [-0.4, -0.2) is 50.6 Å². The molecule has 158 valence electrons. The fraction of sp³-hybridized carbons (Fsp3) is 0.435. The molecule has 2 aromatic rings. The van der Waals surface area contributed by atoms with Gasteiger partial charge in [0.2, 0.25) is 0 Å². The van der Waals surface area contributed by atoms with Gasteiger partial charge in [-0.25, -0.2) is 0 Å². The second kappa shape index (κ2) is 12.0. The Morgan fingerprint density at radius 2 is 1.90 bits per heavy atom. The van der Waals surface area contributed by atoms with Gasteiger partial charge in [0.05, 0.1) is 0 Å². The lowest BCUT2D eigenvalue weighted by Crippen LogP contribution is -2.44. The van der Waals surface area contributed by atoms with Crippen molar-refractivity contribution in [1.82, 2.24) is 15.5 Å². The number of para-hydroxylation sites is 1. The number of hydrogen-bond acceptors (Lipinski definition) is 3. The van der Waals surface area contributed by atoms with Crippen LogP contribution in [-0.2, 0) is 13.1 Å². The molecule has 1 atom stereocenters. The summed E-state index contributed by atoms with van der Waals surface area (Å²) >= 11 is 0. The fourth-order valence-electron chi connectivity index (χ4n) is 3.59. The van der Waals surface area contributed by atoms with E-state index in [1.54, 1.807) is 0 Å². The summed E-state index contributed by atoms with van der Waals surface area (Å²) in [6.07, 6.45) is 1.12. The van der Waals surface area contributed by atoms with Crippen molar-refractivity contribution in [2.45, 2.75) is 32.5 Å². The molecule has 2 aromatic carbocycles. The van der Waals surface area contributed by atoms with Crippen molar-refractivity contribution >= 4 is 35.6 Å². The molecule has 0 bridgehead atoms. The van der Waals surface area contributed by atoms with Crippen LogP contribution in [0, 0.1) is 0 Å². The topological polar surface area (TPSA) is 42.9 Å². The Morgan fingerprint density at radius 3 is 2.62 bits per heavy atom. The van der Waals surface area contributed by atoms with Gasteiger partial charge in [0, 0.05) is 45.0 Å². The zero-order valence-corrected chi connectivity index (χ0v) is 20.1. The standard InChI is InChI=1S/C23H33N5.HI/c1-4-27(3)17-20-10-8-9-19(15-20)16-25-23(24-2)26-21-13-14-28(18-21)22-11-6-5-7-12-22;/h5-12,15,21H,4,13-14,16-18H2,1-3H3,(H2,24,25,26);1H. The molecule has 3 rings (SSSR count). The molecule has 29 heavy (non-hydrogen) atoms. The number of aliphatic imine (C=N–C) groups is 1. The number of benzene rings is 2. The number of guanidine groups is 1. The van der Waals surface area contributed by atoms with Gasteiger partial charge in [0.15, 0.2) is 5.96 Å². The first-order valence-electron chi connectivity index (χ1n) is 10.2. The van der Waals surface area contributed by atoms with Crippen molar-refractivity contribution in [3.8, 4) is 0 Å². The molecule has 6 heteroatoms. The lowest BCUT2D eigenvalue weighted by Gasteiger charge is -2.20. The Morgan fingerprint density at radius 1 is 1.14 bits per heavy atom. The average molecular weight is 507 g/mol. The molecule has 0 amide bonds. The quantitative estimate of drug-likeness (QED) is 0.341. The minimum Gasteiger partial charge on any atom is -0.369 e. The van der Waals surface area contributed by atoms with Crippen LogP contribution >= 0.6 is 24.0 Å². The molecule has 5 nitrogen and oxygen atoms in total. The summed E-state index contributed by atoms with van der Waals surface area (Å²) in [6.45, 7) is 7.08. The zero-order chi connectivity index (χ0) is 19.8. The molecule has 2 N–H and O–H groups in total. The number of rotatable bonds is 7. The molecule has 1 aliphatic rings. The predicted octanol–water partition coefficient (Wildman–Crippen LogP) is 3.70. The molecule has 0 spiro atoms. The smallest absolute Gasteiger partial charge is 0.191 e. The normalized spacial score (nSPS) is 16.6. The summed E-state index contributed by atoms with van der Waals surface area (Å²) in [5.74, 6) is 0.871. The third-order valence-corrected chi connectivity index (χ3v) is 5.32. The minimum atomic E-state index is 0. The zero-order valence-electron chi connectivity index (χ0n) is 17.8. The van der Waals surface area contributed by atoms with E-state index in [9.17, 15) is 0 Å². The van der Waals surface area contributed by atoms with Crippen LogP contribution < -0.4 is 15.5 Å². The summed E-state index contributed by atoms with van der Waals surface area (Å²) in [4.78, 5) is 9.16. The molecule has 0 radical (unpaired) electrons. The summed E-state index contributed by atoms with van der Waals surface area (Å²) in [5.41, 5.74) is 3.92. The second-order valence-corrected chi connectivity index (χ2v) is 7.49. The van der Waals surface area contributed by atoms with E-state index in [0.717, 1.165) is 45.1 Å². The number of halogens is 1. The molecular formula is C23H34IN5. The SMILES string of the molecule is CCN(C)Cc1cccc(CNC(=NC)NC2CCN(c3ccccc3)C2)c1.I. The molecule has 0 saturated carbocycles. The third kappa shape index (κ3) is 7.19. The molecule has 1 unspecified atom stereocenters. The Hall–Kier alpha value is -1.80. The monoisotopic (exact) mass is 507 g/mol. The van der Waals surface area contributed by atoms with Crippen LogP contribution in [0.1, 0.15) is 24.5 Å². The fourth-order valence-corrected chi connectivity index (χ4v) is 3.59. The van der Waals surface area contributed by atoms with Crippen LogP contribution in [0.2, 0.25) is 0 Å². The summed E-state index contributed by atoms with van der Waals surface area (Å²) in [6, 6.07) is 19.8. The van der Waals surface area contributed by atoms with Gasteiger partial charge in [-0.15, -0.1) is 24.0 Å². The Kier molecular flexibility index (Phi) is 9.73. The maximum atomic E-state index is 4.42. The molecule has 1 heterocycles. The lowest BCUT2D eigenvalue weighted by molar-refractivity contribution is 0.345. The van der Waals surface area contributed by atoms with Crippen LogP contribution in [0.3, 0.4) is 0 Å². The van der Waals surface area contributed by atoms with Crippen molar-refractivity contribution in [3.63, 3.8) is 0 Å². The van der Waals surface area contributed by atoms with E-state index in [1.165, 1.54) is 16.8 Å². The second-order valence-electron chi connectivity index (χ2n) is 7.49. The summed E-state index contributed by atoms with van der Waals surface area (Å²) in [5, 5.41) is 7.05. The van der Waals surface area contributed by atoms with Crippen molar-refractivity contribution < 1.29 is 0 Å². The van der Waals surface area contributed by atoms with Crippen LogP contribution in [0.5, 0.6) is 0 Å². The highest BCUT2D eigenvalue weighted by molar-refractivity contribution is 14.0. The minimum absolute atomic E-state index is 0. The number of nitrogens with one attached hydrogen (secondary N) is 2. The van der Waals surface area contributed by atoms with E-state index >= 15 is 0 Å². The molecule has 1 aliphatic heterocycles. The highest BCUT2D eigenvalue weighted by Gasteiger charge is 2.23. The summed E-state index contributed by atoms with van der Waals surface area (Å²) in [7, 11) is 3.99. The van der Waals surface area contributed by atoms with Gasteiger partial charge in [0.25, 0.3) is 0 Å². The van der Waals surface area contributed by atoms with Gasteiger partial charge >= 0.3 is 0 Å². The molecule has 1 saturated heterocycles. The number of nitrogens with zero attached hydrogens (tertiary/aromatic N) is 3. The maximum absolute atomic E-state index is 4.42. The number of anilines is 1. The van der Waals surface area contributed by atoms with Gasteiger partial charge in [-0.3, -0.25) is 4.99 Å². The van der Waals surface area contributed by atoms with E-state index in [2.05, 4.69) is 94.0 Å². The van der Waals surface area contributed by atoms with Gasteiger partial charge in [-0.05, 0) is 43.3 Å². The first-order chi connectivity index (χ1) is 13.7. The van der Waals surface area contributed by atoms with E-state index in [4.69, 9.17) is 0 Å². The first-order valence-corrected chi connectivity index (χ1v) is 10.2. The number of hydrogen-bond donors (Lipinski definition) is 2. The molecule has 0 aromatic heterocycles. The highest BCUT2D eigenvalue weighted by atomic mass is 127. The van der Waals surface area contributed by atoms with Crippen molar-refractivity contribution in [1.29, 1.82) is 0 Å². The Bertz CT molecular complexity index is 765. The van der Waals surface area contributed by atoms with Crippen molar-refractivity contribution in [3.05, 3.63) is 65.7 Å². The van der Waals surface area contributed by atoms with Crippen molar-refractivity contribution in [2.24, 2.45) is 4.99 Å². The summed E-state index contributed by atoms with van der Waals surface area (Å²) < 4.78 is 0. The van der Waals surface area contributed by atoms with Crippen LogP contribution in [0.4, 0.5) is 5.69 Å². The molecular weight excluding hydrogens is 473 g/mol. The van der Waals surface area contributed by atoms with Gasteiger partial charge in [-0.1, -0.05) is 49.4 Å². The van der Waals surface area contributed by atoms with Crippen LogP contribution in [0.15, 0.2) is 59.6 Å². The lowest BCUT2D eigenvalue weighted by atomic mass is 10.1. The Labute approximate surface area is 192 Å². The third-order valence-electron chi connectivity index (χ3n) is 5.32. The van der Waals surface area contributed by atoms with Gasteiger partial charge in [0.1, 0.15) is 0 Å². The Balaban J connectivity index is 0.00000300. The molecule has 0 aliphatic carbocycles. The average Bonchev–Trinajstić information content (AvgIpc) is 3.20. The van der Waals surface area contributed by atoms with E-state index in [-0.39, 0.29) is 24.0 Å². The predicted molar refractivity (Wildman–Crippen MR) is 134 cm³/mol. The molecule has 1 fully saturated rings. The van der Waals surface area contributed by atoms with Crippen LogP contribution in [0.25, 0.3) is 0 Å².